The lowest BCUT2D eigenvalue weighted by atomic mass is 10.1. The molecule has 0 radical (unpaired) electrons. The Labute approximate surface area is 89.7 Å². The summed E-state index contributed by atoms with van der Waals surface area (Å²) in [5, 5.41) is 19.4. The van der Waals surface area contributed by atoms with Crippen molar-refractivity contribution in [3.8, 4) is 6.07 Å². The average Bonchev–Trinajstić information content (AvgIpc) is 2.99. The van der Waals surface area contributed by atoms with Crippen LogP contribution in [0.15, 0.2) is 0 Å². The summed E-state index contributed by atoms with van der Waals surface area (Å²) in [6, 6.07) is 2.08. The largest absolute Gasteiger partial charge is 0.298 e. The van der Waals surface area contributed by atoms with Gasteiger partial charge in [-0.05, 0) is 39.2 Å². The lowest BCUT2D eigenvalue weighted by Gasteiger charge is -2.11. The van der Waals surface area contributed by atoms with Crippen LogP contribution in [0.2, 0.25) is 0 Å². The standard InChI is InChI=1S/C11H16N4/c1-7-11(8(2)15-14-7)10(5-12)13-6-9-3-4-9/h9-10,13H,3-4,6H2,1-2H3,(H,14,15). The maximum atomic E-state index is 9.13. The van der Waals surface area contributed by atoms with Crippen LogP contribution in [0.4, 0.5) is 0 Å². The summed E-state index contributed by atoms with van der Waals surface area (Å²) in [5.41, 5.74) is 2.92. The van der Waals surface area contributed by atoms with Crippen LogP contribution >= 0.6 is 0 Å². The molecule has 1 aliphatic rings. The van der Waals surface area contributed by atoms with Crippen molar-refractivity contribution in [2.24, 2.45) is 5.92 Å². The monoisotopic (exact) mass is 204 g/mol. The van der Waals surface area contributed by atoms with E-state index in [-0.39, 0.29) is 6.04 Å². The molecule has 1 aromatic rings. The Hall–Kier alpha value is -1.34. The van der Waals surface area contributed by atoms with Crippen molar-refractivity contribution < 1.29 is 0 Å². The number of H-pyrrole nitrogens is 1. The van der Waals surface area contributed by atoms with Crippen LogP contribution in [0.25, 0.3) is 0 Å². The van der Waals surface area contributed by atoms with Gasteiger partial charge >= 0.3 is 0 Å². The van der Waals surface area contributed by atoms with Gasteiger partial charge in [0, 0.05) is 11.3 Å². The van der Waals surface area contributed by atoms with Gasteiger partial charge in [-0.3, -0.25) is 10.4 Å². The summed E-state index contributed by atoms with van der Waals surface area (Å²) in [6.07, 6.45) is 2.60. The molecule has 2 N–H and O–H groups in total. The predicted molar refractivity (Wildman–Crippen MR) is 57.1 cm³/mol. The first kappa shape index (κ1) is 10.2. The molecule has 0 spiro atoms. The Morgan fingerprint density at radius 1 is 1.60 bits per heavy atom. The second-order valence-corrected chi connectivity index (χ2v) is 4.26. The summed E-state index contributed by atoms with van der Waals surface area (Å²) in [5.74, 6) is 0.786. The quantitative estimate of drug-likeness (QED) is 0.782. The summed E-state index contributed by atoms with van der Waals surface area (Å²) in [6.45, 7) is 4.84. The van der Waals surface area contributed by atoms with E-state index < -0.39 is 0 Å². The molecule has 0 aliphatic heterocycles. The van der Waals surface area contributed by atoms with Gasteiger partial charge in [0.2, 0.25) is 0 Å². The minimum atomic E-state index is -0.218. The van der Waals surface area contributed by atoms with Crippen LogP contribution in [0.3, 0.4) is 0 Å². The smallest absolute Gasteiger partial charge is 0.124 e. The van der Waals surface area contributed by atoms with E-state index >= 15 is 0 Å². The highest BCUT2D eigenvalue weighted by molar-refractivity contribution is 5.31. The Balaban J connectivity index is 2.07. The Kier molecular flexibility index (Phi) is 2.74. The summed E-state index contributed by atoms with van der Waals surface area (Å²) in [4.78, 5) is 0. The van der Waals surface area contributed by atoms with E-state index in [0.29, 0.717) is 0 Å². The first-order valence-electron chi connectivity index (χ1n) is 5.37. The van der Waals surface area contributed by atoms with E-state index in [4.69, 9.17) is 5.26 Å². The number of nitrogens with one attached hydrogen (secondary N) is 2. The van der Waals surface area contributed by atoms with Gasteiger partial charge in [0.1, 0.15) is 6.04 Å². The maximum absolute atomic E-state index is 9.13. The zero-order chi connectivity index (χ0) is 10.8. The molecule has 80 valence electrons. The third-order valence-corrected chi connectivity index (χ3v) is 2.91. The van der Waals surface area contributed by atoms with Crippen molar-refractivity contribution in [2.75, 3.05) is 6.54 Å². The Morgan fingerprint density at radius 2 is 2.33 bits per heavy atom. The number of hydrogen-bond acceptors (Lipinski definition) is 3. The van der Waals surface area contributed by atoms with Crippen molar-refractivity contribution in [3.05, 3.63) is 17.0 Å². The van der Waals surface area contributed by atoms with Crippen LogP contribution in [-0.4, -0.2) is 16.7 Å². The molecule has 0 amide bonds. The summed E-state index contributed by atoms with van der Waals surface area (Å²) < 4.78 is 0. The fourth-order valence-electron chi connectivity index (χ4n) is 1.80. The predicted octanol–water partition coefficient (Wildman–Crippen LogP) is 1.59. The zero-order valence-electron chi connectivity index (χ0n) is 9.17. The van der Waals surface area contributed by atoms with E-state index in [1.807, 2.05) is 13.8 Å². The Morgan fingerprint density at radius 3 is 2.80 bits per heavy atom. The van der Waals surface area contributed by atoms with Crippen LogP contribution in [0, 0.1) is 31.1 Å². The average molecular weight is 204 g/mol. The molecule has 2 rings (SSSR count). The van der Waals surface area contributed by atoms with Crippen molar-refractivity contribution in [1.29, 1.82) is 5.26 Å². The molecule has 1 atom stereocenters. The number of aromatic nitrogens is 2. The van der Waals surface area contributed by atoms with Crippen LogP contribution in [-0.2, 0) is 0 Å². The van der Waals surface area contributed by atoms with E-state index in [2.05, 4.69) is 21.6 Å². The SMILES string of the molecule is Cc1n[nH]c(C)c1C(C#N)NCC1CC1. The van der Waals surface area contributed by atoms with Crippen LogP contribution in [0.1, 0.15) is 35.8 Å². The number of hydrogen-bond donors (Lipinski definition) is 2. The van der Waals surface area contributed by atoms with Gasteiger partial charge in [-0.1, -0.05) is 0 Å². The third kappa shape index (κ3) is 2.18. The molecule has 1 heterocycles. The fourth-order valence-corrected chi connectivity index (χ4v) is 1.80. The van der Waals surface area contributed by atoms with Gasteiger partial charge in [0.25, 0.3) is 0 Å². The van der Waals surface area contributed by atoms with Gasteiger partial charge in [0.15, 0.2) is 0 Å². The molecule has 0 aromatic carbocycles. The number of aromatic amines is 1. The highest BCUT2D eigenvalue weighted by Crippen LogP contribution is 2.29. The van der Waals surface area contributed by atoms with Crippen LogP contribution < -0.4 is 5.32 Å². The number of rotatable bonds is 4. The van der Waals surface area contributed by atoms with E-state index in [0.717, 1.165) is 29.4 Å². The molecule has 1 saturated carbocycles. The number of aryl methyl sites for hydroxylation is 2. The number of nitriles is 1. The number of nitrogens with zero attached hydrogens (tertiary/aromatic N) is 2. The van der Waals surface area contributed by atoms with Gasteiger partial charge in [0.05, 0.1) is 11.8 Å². The fraction of sp³-hybridized carbons (Fsp3) is 0.636. The van der Waals surface area contributed by atoms with E-state index in [1.54, 1.807) is 0 Å². The van der Waals surface area contributed by atoms with Gasteiger partial charge in [-0.25, -0.2) is 0 Å². The molecule has 0 bridgehead atoms. The second-order valence-electron chi connectivity index (χ2n) is 4.26. The maximum Gasteiger partial charge on any atom is 0.124 e. The minimum absolute atomic E-state index is 0.218. The van der Waals surface area contributed by atoms with Gasteiger partial charge in [-0.15, -0.1) is 0 Å². The lowest BCUT2D eigenvalue weighted by Crippen LogP contribution is -2.23. The second kappa shape index (κ2) is 4.03. The first-order chi connectivity index (χ1) is 7.22. The molecule has 1 aliphatic carbocycles. The van der Waals surface area contributed by atoms with Crippen molar-refractivity contribution >= 4 is 0 Å². The Bertz CT molecular complexity index is 364. The highest BCUT2D eigenvalue weighted by Gasteiger charge is 2.24. The summed E-state index contributed by atoms with van der Waals surface area (Å²) >= 11 is 0. The molecule has 1 fully saturated rings. The minimum Gasteiger partial charge on any atom is -0.298 e. The molecule has 1 aromatic heterocycles. The molecule has 4 heteroatoms. The molecule has 1 unspecified atom stereocenters. The summed E-state index contributed by atoms with van der Waals surface area (Å²) in [7, 11) is 0. The molecule has 0 saturated heterocycles. The van der Waals surface area contributed by atoms with E-state index in [1.165, 1.54) is 12.8 Å². The molecular formula is C11H16N4. The topological polar surface area (TPSA) is 64.5 Å². The van der Waals surface area contributed by atoms with E-state index in [9.17, 15) is 0 Å². The molecule has 4 nitrogen and oxygen atoms in total. The highest BCUT2D eigenvalue weighted by atomic mass is 15.1. The lowest BCUT2D eigenvalue weighted by molar-refractivity contribution is 0.589. The zero-order valence-corrected chi connectivity index (χ0v) is 9.17. The molecule has 15 heavy (non-hydrogen) atoms. The normalized spacial score (nSPS) is 17.4. The van der Waals surface area contributed by atoms with Gasteiger partial charge in [-0.2, -0.15) is 10.4 Å². The van der Waals surface area contributed by atoms with Gasteiger partial charge < -0.3 is 0 Å². The van der Waals surface area contributed by atoms with Crippen molar-refractivity contribution in [3.63, 3.8) is 0 Å². The van der Waals surface area contributed by atoms with Crippen molar-refractivity contribution in [1.82, 2.24) is 15.5 Å². The first-order valence-corrected chi connectivity index (χ1v) is 5.37. The molecular weight excluding hydrogens is 188 g/mol. The van der Waals surface area contributed by atoms with Crippen molar-refractivity contribution in [2.45, 2.75) is 32.7 Å². The third-order valence-electron chi connectivity index (χ3n) is 2.91. The van der Waals surface area contributed by atoms with Crippen LogP contribution in [0.5, 0.6) is 0 Å².